The number of rotatable bonds is 4. The maximum atomic E-state index is 11.7. The SMILES string of the molecule is COCC(N)C(=O)N(C)C1CCCC1. The summed E-state index contributed by atoms with van der Waals surface area (Å²) in [6.07, 6.45) is 4.67. The molecule has 1 atom stereocenters. The molecule has 0 bridgehead atoms. The lowest BCUT2D eigenvalue weighted by molar-refractivity contribution is -0.134. The summed E-state index contributed by atoms with van der Waals surface area (Å²) in [5.41, 5.74) is 5.68. The van der Waals surface area contributed by atoms with Gasteiger partial charge in [0.25, 0.3) is 0 Å². The fourth-order valence-electron chi connectivity index (χ4n) is 1.98. The highest BCUT2D eigenvalue weighted by atomic mass is 16.5. The van der Waals surface area contributed by atoms with E-state index in [1.807, 2.05) is 7.05 Å². The number of ether oxygens (including phenoxy) is 1. The second-order valence-electron chi connectivity index (χ2n) is 3.95. The van der Waals surface area contributed by atoms with Crippen molar-refractivity contribution < 1.29 is 9.53 Å². The number of amides is 1. The van der Waals surface area contributed by atoms with Gasteiger partial charge in [-0.05, 0) is 12.8 Å². The van der Waals surface area contributed by atoms with Gasteiger partial charge in [0.2, 0.25) is 5.91 Å². The van der Waals surface area contributed by atoms with E-state index in [4.69, 9.17) is 10.5 Å². The van der Waals surface area contributed by atoms with Crippen LogP contribution in [-0.2, 0) is 9.53 Å². The standard InChI is InChI=1S/C10H20N2O2/c1-12(8-5-3-4-6-8)10(13)9(11)7-14-2/h8-9H,3-7,11H2,1-2H3. The van der Waals surface area contributed by atoms with Crippen LogP contribution < -0.4 is 5.73 Å². The van der Waals surface area contributed by atoms with Crippen LogP contribution in [0.2, 0.25) is 0 Å². The Kier molecular flexibility index (Phi) is 4.35. The summed E-state index contributed by atoms with van der Waals surface area (Å²) >= 11 is 0. The van der Waals surface area contributed by atoms with Gasteiger partial charge < -0.3 is 15.4 Å². The summed E-state index contributed by atoms with van der Waals surface area (Å²) in [5.74, 6) is -0.00116. The Hall–Kier alpha value is -0.610. The lowest BCUT2D eigenvalue weighted by Crippen LogP contribution is -2.47. The molecule has 0 aliphatic heterocycles. The molecule has 1 fully saturated rings. The molecule has 2 N–H and O–H groups in total. The van der Waals surface area contributed by atoms with E-state index in [2.05, 4.69) is 0 Å². The summed E-state index contributed by atoms with van der Waals surface area (Å²) in [4.78, 5) is 13.5. The molecule has 0 radical (unpaired) electrons. The molecular weight excluding hydrogens is 180 g/mol. The first-order chi connectivity index (χ1) is 6.66. The number of carbonyl (C=O) groups excluding carboxylic acids is 1. The van der Waals surface area contributed by atoms with E-state index in [1.165, 1.54) is 12.8 Å². The number of hydrogen-bond donors (Lipinski definition) is 1. The van der Waals surface area contributed by atoms with Gasteiger partial charge in [-0.1, -0.05) is 12.8 Å². The van der Waals surface area contributed by atoms with Crippen molar-refractivity contribution in [2.24, 2.45) is 5.73 Å². The van der Waals surface area contributed by atoms with Crippen LogP contribution in [0.3, 0.4) is 0 Å². The van der Waals surface area contributed by atoms with Gasteiger partial charge in [0.1, 0.15) is 6.04 Å². The molecule has 0 spiro atoms. The summed E-state index contributed by atoms with van der Waals surface area (Å²) < 4.78 is 4.87. The number of nitrogens with two attached hydrogens (primary N) is 1. The molecule has 4 nitrogen and oxygen atoms in total. The summed E-state index contributed by atoms with van der Waals surface area (Å²) in [6.45, 7) is 0.301. The highest BCUT2D eigenvalue weighted by molar-refractivity contribution is 5.81. The molecular formula is C10H20N2O2. The predicted molar refractivity (Wildman–Crippen MR) is 54.9 cm³/mol. The van der Waals surface area contributed by atoms with Gasteiger partial charge in [-0.2, -0.15) is 0 Å². The van der Waals surface area contributed by atoms with Crippen LogP contribution in [0.4, 0.5) is 0 Å². The molecule has 0 aromatic rings. The first kappa shape index (κ1) is 11.5. The third-order valence-corrected chi connectivity index (χ3v) is 2.88. The fraction of sp³-hybridized carbons (Fsp3) is 0.900. The van der Waals surface area contributed by atoms with Crippen LogP contribution in [0, 0.1) is 0 Å². The third kappa shape index (κ3) is 2.69. The molecule has 1 amide bonds. The molecule has 14 heavy (non-hydrogen) atoms. The number of carbonyl (C=O) groups is 1. The summed E-state index contributed by atoms with van der Waals surface area (Å²) in [6, 6.07) is -0.115. The Morgan fingerprint density at radius 2 is 2.14 bits per heavy atom. The maximum absolute atomic E-state index is 11.7. The minimum Gasteiger partial charge on any atom is -0.383 e. The third-order valence-electron chi connectivity index (χ3n) is 2.88. The zero-order valence-electron chi connectivity index (χ0n) is 9.03. The highest BCUT2D eigenvalue weighted by Crippen LogP contribution is 2.22. The first-order valence-corrected chi connectivity index (χ1v) is 5.18. The lowest BCUT2D eigenvalue weighted by Gasteiger charge is -2.26. The lowest BCUT2D eigenvalue weighted by atomic mass is 10.2. The molecule has 0 aromatic carbocycles. The van der Waals surface area contributed by atoms with Gasteiger partial charge in [-0.15, -0.1) is 0 Å². The van der Waals surface area contributed by atoms with E-state index in [0.717, 1.165) is 12.8 Å². The molecule has 1 unspecified atom stereocenters. The van der Waals surface area contributed by atoms with E-state index < -0.39 is 6.04 Å². The van der Waals surface area contributed by atoms with Crippen LogP contribution >= 0.6 is 0 Å². The highest BCUT2D eigenvalue weighted by Gasteiger charge is 2.26. The van der Waals surface area contributed by atoms with Crippen molar-refractivity contribution >= 4 is 5.91 Å². The van der Waals surface area contributed by atoms with Crippen molar-refractivity contribution in [1.82, 2.24) is 4.90 Å². The van der Waals surface area contributed by atoms with Crippen molar-refractivity contribution in [3.8, 4) is 0 Å². The van der Waals surface area contributed by atoms with Gasteiger partial charge in [0.15, 0.2) is 0 Å². The van der Waals surface area contributed by atoms with Crippen molar-refractivity contribution in [2.45, 2.75) is 37.8 Å². The molecule has 0 saturated heterocycles. The normalized spacial score (nSPS) is 19.6. The molecule has 82 valence electrons. The molecule has 1 aliphatic rings. The van der Waals surface area contributed by atoms with Crippen molar-refractivity contribution in [3.05, 3.63) is 0 Å². The zero-order chi connectivity index (χ0) is 10.6. The van der Waals surface area contributed by atoms with E-state index in [-0.39, 0.29) is 5.91 Å². The fourth-order valence-corrected chi connectivity index (χ4v) is 1.98. The van der Waals surface area contributed by atoms with Gasteiger partial charge in [-0.25, -0.2) is 0 Å². The molecule has 1 rings (SSSR count). The minimum atomic E-state index is -0.509. The van der Waals surface area contributed by atoms with Crippen molar-refractivity contribution in [2.75, 3.05) is 20.8 Å². The van der Waals surface area contributed by atoms with E-state index in [0.29, 0.717) is 12.6 Å². The average molecular weight is 200 g/mol. The van der Waals surface area contributed by atoms with E-state index >= 15 is 0 Å². The van der Waals surface area contributed by atoms with Gasteiger partial charge in [0, 0.05) is 20.2 Å². The average Bonchev–Trinajstić information content (AvgIpc) is 2.68. The Morgan fingerprint density at radius 1 is 1.57 bits per heavy atom. The monoisotopic (exact) mass is 200 g/mol. The topological polar surface area (TPSA) is 55.6 Å². The Bertz CT molecular complexity index is 191. The Morgan fingerprint density at radius 3 is 2.64 bits per heavy atom. The smallest absolute Gasteiger partial charge is 0.241 e. The number of nitrogens with zero attached hydrogens (tertiary/aromatic N) is 1. The van der Waals surface area contributed by atoms with Crippen LogP contribution in [0.5, 0.6) is 0 Å². The molecule has 4 heteroatoms. The first-order valence-electron chi connectivity index (χ1n) is 5.18. The molecule has 0 aromatic heterocycles. The Labute approximate surface area is 85.4 Å². The zero-order valence-corrected chi connectivity index (χ0v) is 9.03. The van der Waals surface area contributed by atoms with Crippen molar-refractivity contribution in [3.63, 3.8) is 0 Å². The van der Waals surface area contributed by atoms with Gasteiger partial charge in [-0.3, -0.25) is 4.79 Å². The quantitative estimate of drug-likeness (QED) is 0.713. The number of likely N-dealkylation sites (N-methyl/N-ethyl adjacent to an activating group) is 1. The van der Waals surface area contributed by atoms with Crippen LogP contribution in [-0.4, -0.2) is 43.7 Å². The number of hydrogen-bond acceptors (Lipinski definition) is 3. The van der Waals surface area contributed by atoms with E-state index in [1.54, 1.807) is 12.0 Å². The minimum absolute atomic E-state index is 0.00116. The largest absolute Gasteiger partial charge is 0.383 e. The second kappa shape index (κ2) is 5.32. The summed E-state index contributed by atoms with van der Waals surface area (Å²) in [7, 11) is 3.40. The van der Waals surface area contributed by atoms with Crippen LogP contribution in [0.15, 0.2) is 0 Å². The second-order valence-corrected chi connectivity index (χ2v) is 3.95. The van der Waals surface area contributed by atoms with Gasteiger partial charge in [0.05, 0.1) is 6.61 Å². The predicted octanol–water partition coefficient (Wildman–Crippen LogP) is 0.361. The maximum Gasteiger partial charge on any atom is 0.241 e. The molecule has 0 heterocycles. The van der Waals surface area contributed by atoms with Crippen LogP contribution in [0.1, 0.15) is 25.7 Å². The van der Waals surface area contributed by atoms with Gasteiger partial charge >= 0.3 is 0 Å². The molecule has 1 saturated carbocycles. The summed E-state index contributed by atoms with van der Waals surface area (Å²) in [5, 5.41) is 0. The number of methoxy groups -OCH3 is 1. The van der Waals surface area contributed by atoms with Crippen molar-refractivity contribution in [1.29, 1.82) is 0 Å². The van der Waals surface area contributed by atoms with Crippen LogP contribution in [0.25, 0.3) is 0 Å². The molecule has 1 aliphatic carbocycles. The Balaban J connectivity index is 2.42. The van der Waals surface area contributed by atoms with E-state index in [9.17, 15) is 4.79 Å².